The van der Waals surface area contributed by atoms with Crippen molar-refractivity contribution in [1.82, 2.24) is 10.3 Å². The predicted octanol–water partition coefficient (Wildman–Crippen LogP) is 1.52. The lowest BCUT2D eigenvalue weighted by Gasteiger charge is -2.22. The largest absolute Gasteiger partial charge is 0.486 e. The fourth-order valence-electron chi connectivity index (χ4n) is 3.17. The number of pyridine rings is 1. The molecular weight excluding hydrogens is 334 g/mol. The van der Waals surface area contributed by atoms with Crippen molar-refractivity contribution in [3.05, 3.63) is 48.3 Å². The van der Waals surface area contributed by atoms with Crippen LogP contribution >= 0.6 is 0 Å². The summed E-state index contributed by atoms with van der Waals surface area (Å²) in [5.74, 6) is 0.751. The van der Waals surface area contributed by atoms with Crippen molar-refractivity contribution in [3.8, 4) is 11.5 Å². The molecule has 0 saturated carbocycles. The highest BCUT2D eigenvalue weighted by Gasteiger charge is 2.35. The van der Waals surface area contributed by atoms with Crippen LogP contribution in [-0.2, 0) is 16.1 Å². The zero-order chi connectivity index (χ0) is 17.9. The van der Waals surface area contributed by atoms with Crippen LogP contribution in [0.1, 0.15) is 12.0 Å². The molecule has 0 bridgehead atoms. The van der Waals surface area contributed by atoms with E-state index in [0.29, 0.717) is 37.8 Å². The molecule has 0 radical (unpaired) electrons. The Morgan fingerprint density at radius 2 is 2.08 bits per heavy atom. The van der Waals surface area contributed by atoms with E-state index in [4.69, 9.17) is 9.47 Å². The zero-order valence-corrected chi connectivity index (χ0v) is 14.2. The molecule has 0 unspecified atom stereocenters. The molecule has 2 amide bonds. The summed E-state index contributed by atoms with van der Waals surface area (Å²) in [4.78, 5) is 30.5. The summed E-state index contributed by atoms with van der Waals surface area (Å²) >= 11 is 0. The van der Waals surface area contributed by atoms with E-state index in [9.17, 15) is 9.59 Å². The van der Waals surface area contributed by atoms with Gasteiger partial charge in [0.25, 0.3) is 0 Å². The van der Waals surface area contributed by atoms with E-state index in [2.05, 4.69) is 10.3 Å². The van der Waals surface area contributed by atoms with Crippen LogP contribution < -0.4 is 19.7 Å². The first-order valence-electron chi connectivity index (χ1n) is 8.57. The van der Waals surface area contributed by atoms with Crippen LogP contribution in [0.3, 0.4) is 0 Å². The van der Waals surface area contributed by atoms with Crippen LogP contribution in [0, 0.1) is 5.92 Å². The van der Waals surface area contributed by atoms with Crippen molar-refractivity contribution in [2.75, 3.05) is 24.7 Å². The Morgan fingerprint density at radius 3 is 2.88 bits per heavy atom. The van der Waals surface area contributed by atoms with Gasteiger partial charge in [-0.05, 0) is 23.8 Å². The maximum atomic E-state index is 12.4. The molecule has 1 N–H and O–H groups in total. The van der Waals surface area contributed by atoms with Gasteiger partial charge < -0.3 is 19.7 Å². The number of nitrogens with zero attached hydrogens (tertiary/aromatic N) is 2. The van der Waals surface area contributed by atoms with Gasteiger partial charge in [-0.1, -0.05) is 6.07 Å². The van der Waals surface area contributed by atoms with Crippen molar-refractivity contribution >= 4 is 17.5 Å². The SMILES string of the molecule is O=C(NCc1cccnc1)[C@@H]1CC(=O)N(c2ccc3c(c2)OCCO3)C1. The van der Waals surface area contributed by atoms with Crippen LogP contribution in [0.4, 0.5) is 5.69 Å². The Hall–Kier alpha value is -3.09. The molecule has 1 aromatic heterocycles. The van der Waals surface area contributed by atoms with Crippen molar-refractivity contribution in [2.45, 2.75) is 13.0 Å². The minimum Gasteiger partial charge on any atom is -0.486 e. The standard InChI is InChI=1S/C19H19N3O4/c23-18-8-14(19(24)21-11-13-2-1-5-20-10-13)12-22(18)15-3-4-16-17(9-15)26-7-6-25-16/h1-5,9-10,14H,6-8,11-12H2,(H,21,24)/t14-/m1/s1. The third-order valence-electron chi connectivity index (χ3n) is 4.52. The van der Waals surface area contributed by atoms with Gasteiger partial charge in [-0.25, -0.2) is 0 Å². The molecule has 3 heterocycles. The number of fused-ring (bicyclic) bond motifs is 1. The van der Waals surface area contributed by atoms with Gasteiger partial charge in [-0.3, -0.25) is 14.6 Å². The molecule has 1 saturated heterocycles. The second kappa shape index (κ2) is 7.03. The molecule has 4 rings (SSSR count). The third kappa shape index (κ3) is 3.33. The number of ether oxygens (including phenoxy) is 2. The number of hydrogen-bond acceptors (Lipinski definition) is 5. The maximum absolute atomic E-state index is 12.4. The third-order valence-corrected chi connectivity index (χ3v) is 4.52. The average molecular weight is 353 g/mol. The van der Waals surface area contributed by atoms with E-state index >= 15 is 0 Å². The Morgan fingerprint density at radius 1 is 1.23 bits per heavy atom. The molecule has 1 atom stereocenters. The molecule has 1 fully saturated rings. The number of anilines is 1. The summed E-state index contributed by atoms with van der Waals surface area (Å²) < 4.78 is 11.1. The number of carbonyl (C=O) groups is 2. The van der Waals surface area contributed by atoms with Crippen molar-refractivity contribution in [2.24, 2.45) is 5.92 Å². The summed E-state index contributed by atoms with van der Waals surface area (Å²) in [6, 6.07) is 9.13. The fourth-order valence-corrected chi connectivity index (χ4v) is 3.17. The van der Waals surface area contributed by atoms with Crippen LogP contribution in [-0.4, -0.2) is 36.6 Å². The van der Waals surface area contributed by atoms with E-state index in [1.807, 2.05) is 18.2 Å². The van der Waals surface area contributed by atoms with Crippen LogP contribution in [0.2, 0.25) is 0 Å². The topological polar surface area (TPSA) is 80.8 Å². The number of aromatic nitrogens is 1. The van der Waals surface area contributed by atoms with E-state index in [0.717, 1.165) is 11.3 Å². The molecule has 134 valence electrons. The Labute approximate surface area is 150 Å². The molecule has 7 heteroatoms. The molecule has 2 aliphatic heterocycles. The van der Waals surface area contributed by atoms with Crippen LogP contribution in [0.25, 0.3) is 0 Å². The van der Waals surface area contributed by atoms with Gasteiger partial charge in [0.1, 0.15) is 13.2 Å². The molecular formula is C19H19N3O4. The van der Waals surface area contributed by atoms with Gasteiger partial charge in [0.05, 0.1) is 5.92 Å². The summed E-state index contributed by atoms with van der Waals surface area (Å²) in [7, 11) is 0. The molecule has 1 aromatic carbocycles. The number of benzene rings is 1. The monoisotopic (exact) mass is 353 g/mol. The second-order valence-corrected chi connectivity index (χ2v) is 6.31. The van der Waals surface area contributed by atoms with E-state index < -0.39 is 0 Å². The Balaban J connectivity index is 1.41. The molecule has 0 spiro atoms. The highest BCUT2D eigenvalue weighted by Crippen LogP contribution is 2.35. The van der Waals surface area contributed by atoms with Crippen molar-refractivity contribution < 1.29 is 19.1 Å². The van der Waals surface area contributed by atoms with Crippen LogP contribution in [0.5, 0.6) is 11.5 Å². The highest BCUT2D eigenvalue weighted by molar-refractivity contribution is 6.00. The average Bonchev–Trinajstić information content (AvgIpc) is 3.08. The van der Waals surface area contributed by atoms with Gasteiger partial charge in [-0.2, -0.15) is 0 Å². The molecule has 7 nitrogen and oxygen atoms in total. The van der Waals surface area contributed by atoms with E-state index in [1.165, 1.54) is 0 Å². The van der Waals surface area contributed by atoms with Gasteiger partial charge >= 0.3 is 0 Å². The summed E-state index contributed by atoms with van der Waals surface area (Å²) in [5, 5.41) is 2.88. The lowest BCUT2D eigenvalue weighted by molar-refractivity contribution is -0.126. The Bertz CT molecular complexity index is 825. The molecule has 26 heavy (non-hydrogen) atoms. The quantitative estimate of drug-likeness (QED) is 0.901. The second-order valence-electron chi connectivity index (χ2n) is 6.31. The lowest BCUT2D eigenvalue weighted by Crippen LogP contribution is -2.32. The molecule has 0 aliphatic carbocycles. The van der Waals surface area contributed by atoms with Gasteiger partial charge in [0.15, 0.2) is 11.5 Å². The fraction of sp³-hybridized carbons (Fsp3) is 0.316. The Kier molecular flexibility index (Phi) is 4.43. The van der Waals surface area contributed by atoms with Gasteiger partial charge in [0.2, 0.25) is 11.8 Å². The first-order chi connectivity index (χ1) is 12.7. The first-order valence-corrected chi connectivity index (χ1v) is 8.57. The van der Waals surface area contributed by atoms with Gasteiger partial charge in [-0.15, -0.1) is 0 Å². The minimum atomic E-state index is -0.368. The summed E-state index contributed by atoms with van der Waals surface area (Å²) in [6.07, 6.45) is 3.60. The summed E-state index contributed by atoms with van der Waals surface area (Å²) in [6.45, 7) is 1.77. The van der Waals surface area contributed by atoms with E-state index in [-0.39, 0.29) is 24.2 Å². The van der Waals surface area contributed by atoms with Crippen molar-refractivity contribution in [3.63, 3.8) is 0 Å². The minimum absolute atomic E-state index is 0.0665. The first kappa shape index (κ1) is 16.4. The molecule has 2 aromatic rings. The number of carbonyl (C=O) groups excluding carboxylic acids is 2. The van der Waals surface area contributed by atoms with E-state index in [1.54, 1.807) is 29.4 Å². The highest BCUT2D eigenvalue weighted by atomic mass is 16.6. The predicted molar refractivity (Wildman–Crippen MR) is 94.0 cm³/mol. The zero-order valence-electron chi connectivity index (χ0n) is 14.2. The smallest absolute Gasteiger partial charge is 0.227 e. The van der Waals surface area contributed by atoms with Crippen LogP contribution in [0.15, 0.2) is 42.7 Å². The molecule has 2 aliphatic rings. The van der Waals surface area contributed by atoms with Gasteiger partial charge in [0, 0.05) is 43.7 Å². The number of nitrogens with one attached hydrogen (secondary N) is 1. The number of rotatable bonds is 4. The lowest BCUT2D eigenvalue weighted by atomic mass is 10.1. The number of amides is 2. The summed E-state index contributed by atoms with van der Waals surface area (Å²) in [5.41, 5.74) is 1.65. The van der Waals surface area contributed by atoms with Crippen molar-refractivity contribution in [1.29, 1.82) is 0 Å². The number of hydrogen-bond donors (Lipinski definition) is 1. The normalized spacial score (nSPS) is 18.7. The maximum Gasteiger partial charge on any atom is 0.227 e.